The number of rotatable bonds is 3. The first kappa shape index (κ1) is 9.57. The maximum atomic E-state index is 9.46. The van der Waals surface area contributed by atoms with Gasteiger partial charge in [0, 0.05) is 18.5 Å². The van der Waals surface area contributed by atoms with Crippen molar-refractivity contribution in [2.24, 2.45) is 5.92 Å². The minimum Gasteiger partial charge on any atom is -0.392 e. The van der Waals surface area contributed by atoms with E-state index in [4.69, 9.17) is 6.42 Å². The minimum atomic E-state index is -0.157. The Kier molecular flexibility index (Phi) is 3.58. The lowest BCUT2D eigenvalue weighted by Crippen LogP contribution is -2.37. The highest BCUT2D eigenvalue weighted by Gasteiger charge is 2.24. The molecule has 1 fully saturated rings. The zero-order valence-electron chi connectivity index (χ0n) is 7.59. The Morgan fingerprint density at radius 3 is 2.92 bits per heavy atom. The molecule has 0 amide bonds. The number of nitrogens with one attached hydrogen (secondary N) is 1. The predicted octanol–water partition coefficient (Wildman–Crippen LogP) is 0.759. The first-order chi connectivity index (χ1) is 5.74. The highest BCUT2D eigenvalue weighted by molar-refractivity contribution is 4.93. The first-order valence-corrected chi connectivity index (χ1v) is 4.61. The lowest BCUT2D eigenvalue weighted by molar-refractivity contribution is 0.148. The number of aliphatic hydroxyl groups is 1. The van der Waals surface area contributed by atoms with Gasteiger partial charge in [-0.25, -0.2) is 0 Å². The molecule has 1 saturated carbocycles. The average Bonchev–Trinajstić information content (AvgIpc) is 2.47. The molecule has 0 heterocycles. The van der Waals surface area contributed by atoms with E-state index in [1.165, 1.54) is 0 Å². The van der Waals surface area contributed by atoms with Crippen LogP contribution in [0.1, 0.15) is 26.2 Å². The molecular weight excluding hydrogens is 150 g/mol. The fourth-order valence-electron chi connectivity index (χ4n) is 1.57. The third-order valence-corrected chi connectivity index (χ3v) is 2.45. The van der Waals surface area contributed by atoms with Gasteiger partial charge in [-0.2, -0.15) is 0 Å². The third kappa shape index (κ3) is 2.51. The fraction of sp³-hybridized carbons (Fsp3) is 0.800. The summed E-state index contributed by atoms with van der Waals surface area (Å²) in [6, 6.07) is 0.279. The quantitative estimate of drug-likeness (QED) is 0.608. The molecule has 3 atom stereocenters. The molecule has 0 radical (unpaired) electrons. The molecule has 0 saturated heterocycles. The molecule has 0 aliphatic heterocycles. The van der Waals surface area contributed by atoms with Crippen LogP contribution in [0.3, 0.4) is 0 Å². The molecule has 1 rings (SSSR count). The number of aliphatic hydroxyl groups excluding tert-OH is 1. The Morgan fingerprint density at radius 1 is 1.67 bits per heavy atom. The van der Waals surface area contributed by atoms with E-state index < -0.39 is 0 Å². The van der Waals surface area contributed by atoms with E-state index in [0.29, 0.717) is 0 Å². The van der Waals surface area contributed by atoms with Crippen LogP contribution < -0.4 is 5.32 Å². The van der Waals surface area contributed by atoms with E-state index >= 15 is 0 Å². The zero-order chi connectivity index (χ0) is 8.97. The van der Waals surface area contributed by atoms with Crippen molar-refractivity contribution in [1.29, 1.82) is 0 Å². The van der Waals surface area contributed by atoms with Gasteiger partial charge in [-0.1, -0.05) is 6.92 Å². The second-order valence-electron chi connectivity index (χ2n) is 3.58. The maximum absolute atomic E-state index is 9.46. The highest BCUT2D eigenvalue weighted by atomic mass is 16.3. The molecule has 12 heavy (non-hydrogen) atoms. The molecule has 2 heteroatoms. The maximum Gasteiger partial charge on any atom is 0.0693 e. The lowest BCUT2D eigenvalue weighted by atomic mass is 10.1. The Balaban J connectivity index is 2.19. The molecule has 0 aromatic heterocycles. The van der Waals surface area contributed by atoms with Crippen molar-refractivity contribution in [3.63, 3.8) is 0 Å². The number of hydrogen-bond donors (Lipinski definition) is 2. The predicted molar refractivity (Wildman–Crippen MR) is 49.6 cm³/mol. The van der Waals surface area contributed by atoms with Crippen LogP contribution in [-0.4, -0.2) is 23.8 Å². The van der Waals surface area contributed by atoms with Crippen LogP contribution in [0.15, 0.2) is 0 Å². The number of hydrogen-bond acceptors (Lipinski definition) is 2. The van der Waals surface area contributed by atoms with Gasteiger partial charge in [0.05, 0.1) is 6.10 Å². The molecule has 1 unspecified atom stereocenters. The summed E-state index contributed by atoms with van der Waals surface area (Å²) < 4.78 is 0. The Bertz CT molecular complexity index is 173. The average molecular weight is 167 g/mol. The first-order valence-electron chi connectivity index (χ1n) is 4.61. The van der Waals surface area contributed by atoms with Crippen molar-refractivity contribution < 1.29 is 5.11 Å². The normalized spacial score (nSPS) is 31.4. The van der Waals surface area contributed by atoms with Crippen LogP contribution in [0.25, 0.3) is 0 Å². The van der Waals surface area contributed by atoms with Gasteiger partial charge in [-0.3, -0.25) is 0 Å². The summed E-state index contributed by atoms with van der Waals surface area (Å²) in [4.78, 5) is 0. The molecule has 0 aromatic carbocycles. The van der Waals surface area contributed by atoms with Gasteiger partial charge >= 0.3 is 0 Å². The van der Waals surface area contributed by atoms with E-state index in [2.05, 4.69) is 11.2 Å². The van der Waals surface area contributed by atoms with Crippen LogP contribution in [0.5, 0.6) is 0 Å². The van der Waals surface area contributed by atoms with Crippen LogP contribution in [0.2, 0.25) is 0 Å². The van der Waals surface area contributed by atoms with Crippen molar-refractivity contribution in [1.82, 2.24) is 5.32 Å². The summed E-state index contributed by atoms with van der Waals surface area (Å²) in [6.07, 6.45) is 8.22. The Morgan fingerprint density at radius 2 is 2.42 bits per heavy atom. The molecular formula is C10H17NO. The van der Waals surface area contributed by atoms with Crippen LogP contribution in [0, 0.1) is 18.3 Å². The monoisotopic (exact) mass is 167 g/mol. The third-order valence-electron chi connectivity index (χ3n) is 2.45. The highest BCUT2D eigenvalue weighted by Crippen LogP contribution is 2.18. The molecule has 68 valence electrons. The minimum absolute atomic E-state index is 0.157. The number of terminal acetylenes is 1. The molecule has 0 aromatic rings. The van der Waals surface area contributed by atoms with E-state index in [1.807, 2.05) is 6.92 Å². The van der Waals surface area contributed by atoms with E-state index in [9.17, 15) is 5.11 Å². The Labute approximate surface area is 74.4 Å². The van der Waals surface area contributed by atoms with Crippen LogP contribution >= 0.6 is 0 Å². The second kappa shape index (κ2) is 4.49. The summed E-state index contributed by atoms with van der Waals surface area (Å²) in [6.45, 7) is 2.83. The van der Waals surface area contributed by atoms with Crippen LogP contribution in [0.4, 0.5) is 0 Å². The van der Waals surface area contributed by atoms with Gasteiger partial charge < -0.3 is 10.4 Å². The lowest BCUT2D eigenvalue weighted by Gasteiger charge is -2.17. The van der Waals surface area contributed by atoms with Gasteiger partial charge in [0.25, 0.3) is 0 Å². The molecule has 1 aliphatic carbocycles. The van der Waals surface area contributed by atoms with Crippen molar-refractivity contribution in [3.8, 4) is 12.3 Å². The summed E-state index contributed by atoms with van der Waals surface area (Å²) in [5.74, 6) is 2.92. The van der Waals surface area contributed by atoms with E-state index in [0.717, 1.165) is 25.8 Å². The molecule has 0 bridgehead atoms. The van der Waals surface area contributed by atoms with E-state index in [1.54, 1.807) is 0 Å². The summed E-state index contributed by atoms with van der Waals surface area (Å²) in [5.41, 5.74) is 0. The van der Waals surface area contributed by atoms with Crippen LogP contribution in [-0.2, 0) is 0 Å². The van der Waals surface area contributed by atoms with Crippen molar-refractivity contribution in [2.75, 3.05) is 6.54 Å². The molecule has 1 aliphatic rings. The molecule has 2 nitrogen and oxygen atoms in total. The van der Waals surface area contributed by atoms with Gasteiger partial charge in [0.1, 0.15) is 0 Å². The molecule has 0 spiro atoms. The SMILES string of the molecule is C#CC(C)CN[C@@H]1CCC[C@H]1O. The summed E-state index contributed by atoms with van der Waals surface area (Å²) in [7, 11) is 0. The standard InChI is InChI=1S/C10H17NO/c1-3-8(2)7-11-9-5-4-6-10(9)12/h1,8-12H,4-7H2,2H3/t8?,9-,10-/m1/s1. The van der Waals surface area contributed by atoms with Gasteiger partial charge in [0.15, 0.2) is 0 Å². The van der Waals surface area contributed by atoms with Gasteiger partial charge in [-0.15, -0.1) is 12.3 Å². The van der Waals surface area contributed by atoms with Crippen molar-refractivity contribution in [2.45, 2.75) is 38.3 Å². The van der Waals surface area contributed by atoms with Crippen molar-refractivity contribution in [3.05, 3.63) is 0 Å². The topological polar surface area (TPSA) is 32.3 Å². The largest absolute Gasteiger partial charge is 0.392 e. The second-order valence-corrected chi connectivity index (χ2v) is 3.58. The van der Waals surface area contributed by atoms with E-state index in [-0.39, 0.29) is 18.1 Å². The fourth-order valence-corrected chi connectivity index (χ4v) is 1.57. The van der Waals surface area contributed by atoms with Crippen molar-refractivity contribution >= 4 is 0 Å². The smallest absolute Gasteiger partial charge is 0.0693 e. The summed E-state index contributed by atoms with van der Waals surface area (Å²) >= 11 is 0. The molecule has 2 N–H and O–H groups in total. The zero-order valence-corrected chi connectivity index (χ0v) is 7.59. The summed E-state index contributed by atoms with van der Waals surface area (Å²) in [5, 5.41) is 12.7. The van der Waals surface area contributed by atoms with Gasteiger partial charge in [-0.05, 0) is 19.3 Å². The Hall–Kier alpha value is -0.520. The van der Waals surface area contributed by atoms with Gasteiger partial charge in [0.2, 0.25) is 0 Å².